The van der Waals surface area contributed by atoms with Crippen molar-refractivity contribution < 1.29 is 14.6 Å². The van der Waals surface area contributed by atoms with Crippen LogP contribution in [0.2, 0.25) is 5.02 Å². The molecule has 0 amide bonds. The monoisotopic (exact) mass is 302 g/mol. The topological polar surface area (TPSA) is 64.4 Å². The summed E-state index contributed by atoms with van der Waals surface area (Å²) in [4.78, 5) is 15.6. The maximum absolute atomic E-state index is 11.4. The highest BCUT2D eigenvalue weighted by molar-refractivity contribution is 6.32. The number of aromatic nitrogens is 2. The summed E-state index contributed by atoms with van der Waals surface area (Å²) in [6.45, 7) is 0. The van der Waals surface area contributed by atoms with E-state index < -0.39 is 5.97 Å². The molecule has 0 aliphatic heterocycles. The molecular weight excluding hydrogens is 292 g/mol. The molecule has 0 unspecified atom stereocenters. The number of rotatable bonds is 3. The van der Waals surface area contributed by atoms with Crippen molar-refractivity contribution >= 4 is 28.6 Å². The summed E-state index contributed by atoms with van der Waals surface area (Å²) in [5, 5.41) is 9.77. The number of halogens is 1. The Labute approximate surface area is 125 Å². The van der Waals surface area contributed by atoms with E-state index in [4.69, 9.17) is 16.3 Å². The van der Waals surface area contributed by atoms with E-state index in [9.17, 15) is 9.90 Å². The first kappa shape index (κ1) is 13.5. The third kappa shape index (κ3) is 2.21. The van der Waals surface area contributed by atoms with Gasteiger partial charge < -0.3 is 9.84 Å². The average molecular weight is 303 g/mol. The number of carbonyl (C=O) groups is 1. The number of nitrogens with zero attached hydrogens (tertiary/aromatic N) is 2. The van der Waals surface area contributed by atoms with E-state index in [0.717, 1.165) is 5.69 Å². The number of methoxy groups -OCH3 is 1. The van der Waals surface area contributed by atoms with Gasteiger partial charge in [0.15, 0.2) is 0 Å². The van der Waals surface area contributed by atoms with Crippen molar-refractivity contribution in [1.29, 1.82) is 0 Å². The molecule has 0 bridgehead atoms. The molecule has 0 spiro atoms. The number of aromatic carboxylic acids is 1. The van der Waals surface area contributed by atoms with Crippen molar-refractivity contribution in [3.8, 4) is 11.4 Å². The lowest BCUT2D eigenvalue weighted by Gasteiger charge is -2.09. The largest absolute Gasteiger partial charge is 0.495 e. The van der Waals surface area contributed by atoms with Gasteiger partial charge in [-0.05, 0) is 30.3 Å². The zero-order chi connectivity index (χ0) is 15.0. The number of carboxylic acid groups (broad SMARTS) is 1. The zero-order valence-electron chi connectivity index (χ0n) is 11.1. The van der Waals surface area contributed by atoms with Crippen LogP contribution < -0.4 is 4.74 Å². The van der Waals surface area contributed by atoms with Crippen LogP contribution in [0.3, 0.4) is 0 Å². The molecule has 6 heteroatoms. The molecule has 0 saturated heterocycles. The average Bonchev–Trinajstić information content (AvgIpc) is 2.90. The number of carboxylic acids is 1. The maximum Gasteiger partial charge on any atom is 0.337 e. The highest BCUT2D eigenvalue weighted by Gasteiger charge is 2.14. The highest BCUT2D eigenvalue weighted by Crippen LogP contribution is 2.29. The number of hydrogen-bond donors (Lipinski definition) is 1. The van der Waals surface area contributed by atoms with Crippen LogP contribution >= 0.6 is 11.6 Å². The summed E-state index contributed by atoms with van der Waals surface area (Å²) in [6, 6.07) is 10.2. The van der Waals surface area contributed by atoms with Crippen LogP contribution in [0.4, 0.5) is 0 Å². The van der Waals surface area contributed by atoms with Crippen LogP contribution in [-0.2, 0) is 0 Å². The van der Waals surface area contributed by atoms with Gasteiger partial charge in [-0.1, -0.05) is 17.7 Å². The summed E-state index contributed by atoms with van der Waals surface area (Å²) in [5.74, 6) is -0.440. The predicted molar refractivity (Wildman–Crippen MR) is 79.6 cm³/mol. The molecule has 3 rings (SSSR count). The van der Waals surface area contributed by atoms with Gasteiger partial charge in [-0.15, -0.1) is 0 Å². The number of fused-ring (bicyclic) bond motifs is 1. The van der Waals surface area contributed by atoms with E-state index in [1.54, 1.807) is 47.3 Å². The molecule has 21 heavy (non-hydrogen) atoms. The Hall–Kier alpha value is -2.53. The lowest BCUT2D eigenvalue weighted by atomic mass is 10.1. The SMILES string of the molecule is COc1ccc(-n2cnc3cccc(C(=O)O)c32)cc1Cl. The van der Waals surface area contributed by atoms with Gasteiger partial charge in [0.2, 0.25) is 0 Å². The molecule has 1 heterocycles. The lowest BCUT2D eigenvalue weighted by molar-refractivity contribution is 0.0698. The molecule has 1 N–H and O–H groups in total. The summed E-state index contributed by atoms with van der Waals surface area (Å²) in [5.41, 5.74) is 2.06. The van der Waals surface area contributed by atoms with Crippen LogP contribution in [0.5, 0.6) is 5.75 Å². The Morgan fingerprint density at radius 2 is 2.14 bits per heavy atom. The first-order chi connectivity index (χ1) is 10.1. The number of ether oxygens (including phenoxy) is 1. The van der Waals surface area contributed by atoms with E-state index in [1.807, 2.05) is 0 Å². The Morgan fingerprint density at radius 3 is 2.81 bits per heavy atom. The lowest BCUT2D eigenvalue weighted by Crippen LogP contribution is -2.01. The van der Waals surface area contributed by atoms with Crippen LogP contribution in [0.15, 0.2) is 42.7 Å². The van der Waals surface area contributed by atoms with Crippen molar-refractivity contribution in [2.24, 2.45) is 0 Å². The molecule has 1 aromatic heterocycles. The van der Waals surface area contributed by atoms with Gasteiger partial charge >= 0.3 is 5.97 Å². The smallest absolute Gasteiger partial charge is 0.337 e. The fraction of sp³-hybridized carbons (Fsp3) is 0.0667. The number of para-hydroxylation sites is 1. The Bertz CT molecular complexity index is 842. The molecule has 106 valence electrons. The predicted octanol–water partition coefficient (Wildman–Crippen LogP) is 3.39. The van der Waals surface area contributed by atoms with Crippen molar-refractivity contribution in [1.82, 2.24) is 9.55 Å². The van der Waals surface area contributed by atoms with E-state index in [2.05, 4.69) is 4.98 Å². The molecular formula is C15H11ClN2O3. The van der Waals surface area contributed by atoms with Gasteiger partial charge in [0.25, 0.3) is 0 Å². The molecule has 3 aromatic rings. The first-order valence-electron chi connectivity index (χ1n) is 6.15. The van der Waals surface area contributed by atoms with Crippen molar-refractivity contribution in [2.45, 2.75) is 0 Å². The van der Waals surface area contributed by atoms with Crippen LogP contribution in [0.25, 0.3) is 16.7 Å². The molecule has 0 radical (unpaired) electrons. The van der Waals surface area contributed by atoms with Gasteiger partial charge in [-0.3, -0.25) is 4.57 Å². The summed E-state index contributed by atoms with van der Waals surface area (Å²) < 4.78 is 6.81. The minimum atomic E-state index is -0.998. The highest BCUT2D eigenvalue weighted by atomic mass is 35.5. The van der Waals surface area contributed by atoms with Crippen molar-refractivity contribution in [3.05, 3.63) is 53.3 Å². The van der Waals surface area contributed by atoms with Crippen molar-refractivity contribution in [2.75, 3.05) is 7.11 Å². The second-order valence-corrected chi connectivity index (χ2v) is 4.82. The Balaban J connectivity index is 2.26. The second-order valence-electron chi connectivity index (χ2n) is 4.41. The number of imidazole rings is 1. The molecule has 5 nitrogen and oxygen atoms in total. The first-order valence-corrected chi connectivity index (χ1v) is 6.53. The van der Waals surface area contributed by atoms with E-state index in [-0.39, 0.29) is 5.56 Å². The number of benzene rings is 2. The molecule has 0 saturated carbocycles. The van der Waals surface area contributed by atoms with Crippen LogP contribution in [0, 0.1) is 0 Å². The van der Waals surface area contributed by atoms with Crippen molar-refractivity contribution in [3.63, 3.8) is 0 Å². The van der Waals surface area contributed by atoms with Crippen LogP contribution in [-0.4, -0.2) is 27.7 Å². The van der Waals surface area contributed by atoms with Gasteiger partial charge in [0.05, 0.1) is 28.7 Å². The van der Waals surface area contributed by atoms with Crippen LogP contribution in [0.1, 0.15) is 10.4 Å². The molecule has 0 aliphatic carbocycles. The van der Waals surface area contributed by atoms with Gasteiger partial charge in [0.1, 0.15) is 12.1 Å². The normalized spacial score (nSPS) is 10.8. The fourth-order valence-electron chi connectivity index (χ4n) is 2.24. The minimum absolute atomic E-state index is 0.192. The number of hydrogen-bond acceptors (Lipinski definition) is 3. The van der Waals surface area contributed by atoms with Gasteiger partial charge in [-0.25, -0.2) is 9.78 Å². The third-order valence-electron chi connectivity index (χ3n) is 3.21. The minimum Gasteiger partial charge on any atom is -0.495 e. The summed E-state index contributed by atoms with van der Waals surface area (Å²) in [7, 11) is 1.54. The summed E-state index contributed by atoms with van der Waals surface area (Å²) >= 11 is 6.12. The molecule has 0 aliphatic rings. The molecule has 0 atom stereocenters. The maximum atomic E-state index is 11.4. The Kier molecular flexibility index (Phi) is 3.27. The zero-order valence-corrected chi connectivity index (χ0v) is 11.8. The quantitative estimate of drug-likeness (QED) is 0.805. The second kappa shape index (κ2) is 5.10. The summed E-state index contributed by atoms with van der Waals surface area (Å²) in [6.07, 6.45) is 1.58. The standard InChI is InChI=1S/C15H11ClN2O3/c1-21-13-6-5-9(7-11(13)16)18-8-17-12-4-2-3-10(14(12)18)15(19)20/h2-8H,1H3,(H,19,20). The Morgan fingerprint density at radius 1 is 1.33 bits per heavy atom. The van der Waals surface area contributed by atoms with Gasteiger partial charge in [0, 0.05) is 5.69 Å². The van der Waals surface area contributed by atoms with E-state index in [0.29, 0.717) is 21.8 Å². The van der Waals surface area contributed by atoms with E-state index in [1.165, 1.54) is 7.11 Å². The molecule has 0 fully saturated rings. The molecule has 2 aromatic carbocycles. The van der Waals surface area contributed by atoms with Gasteiger partial charge in [-0.2, -0.15) is 0 Å². The fourth-order valence-corrected chi connectivity index (χ4v) is 2.49. The third-order valence-corrected chi connectivity index (χ3v) is 3.51. The van der Waals surface area contributed by atoms with E-state index >= 15 is 0 Å².